The van der Waals surface area contributed by atoms with Crippen molar-refractivity contribution in [3.05, 3.63) is 70.2 Å². The first-order valence-electron chi connectivity index (χ1n) is 9.63. The Bertz CT molecular complexity index is 1080. The lowest BCUT2D eigenvalue weighted by Crippen LogP contribution is -2.64. The van der Waals surface area contributed by atoms with Gasteiger partial charge in [0.1, 0.15) is 5.75 Å². The Hall–Kier alpha value is -1.87. The van der Waals surface area contributed by atoms with Crippen LogP contribution in [0.5, 0.6) is 5.75 Å². The molecule has 1 saturated heterocycles. The molecule has 6 nitrogen and oxygen atoms in total. The summed E-state index contributed by atoms with van der Waals surface area (Å²) in [5.74, 6) is 0.856. The van der Waals surface area contributed by atoms with Gasteiger partial charge in [0, 0.05) is 36.0 Å². The van der Waals surface area contributed by atoms with E-state index in [1.54, 1.807) is 0 Å². The number of piperidine rings is 1. The van der Waals surface area contributed by atoms with Crippen LogP contribution in [0.25, 0.3) is 5.70 Å². The van der Waals surface area contributed by atoms with Crippen molar-refractivity contribution < 1.29 is 13.2 Å². The van der Waals surface area contributed by atoms with Gasteiger partial charge in [-0.2, -0.15) is 5.01 Å². The van der Waals surface area contributed by atoms with Crippen molar-refractivity contribution in [1.29, 1.82) is 0 Å². The maximum Gasteiger partial charge on any atom is 0.211 e. The molecule has 0 saturated carbocycles. The van der Waals surface area contributed by atoms with Crippen LogP contribution in [0, 0.1) is 0 Å². The molecule has 0 amide bonds. The first-order chi connectivity index (χ1) is 13.9. The molecule has 2 aromatic carbocycles. The standard InChI is InChI=1S/C21H22BrN3O3S/c1-29(26,27)24-11-9-21(10-12-24)25-19(17-13-16(22)7-8-20(17)28-21)14-18(23-25)15-5-3-2-4-6-15/h2-8,13-14,19,23H,9-12H2,1H3/t19-/m0/s1. The van der Waals surface area contributed by atoms with Crippen LogP contribution in [-0.2, 0) is 10.0 Å². The van der Waals surface area contributed by atoms with Crippen LogP contribution in [0.4, 0.5) is 0 Å². The summed E-state index contributed by atoms with van der Waals surface area (Å²) in [5.41, 5.74) is 6.22. The van der Waals surface area contributed by atoms with Gasteiger partial charge in [-0.15, -0.1) is 0 Å². The lowest BCUT2D eigenvalue weighted by molar-refractivity contribution is -0.153. The number of hydrazine groups is 1. The highest BCUT2D eigenvalue weighted by molar-refractivity contribution is 9.10. The summed E-state index contributed by atoms with van der Waals surface area (Å²) >= 11 is 3.58. The van der Waals surface area contributed by atoms with E-state index < -0.39 is 15.7 Å². The van der Waals surface area contributed by atoms with E-state index in [-0.39, 0.29) is 6.04 Å². The van der Waals surface area contributed by atoms with Gasteiger partial charge in [0.25, 0.3) is 0 Å². The molecule has 1 atom stereocenters. The summed E-state index contributed by atoms with van der Waals surface area (Å²) in [7, 11) is -3.20. The molecule has 0 aliphatic carbocycles. The van der Waals surface area contributed by atoms with Gasteiger partial charge in [-0.3, -0.25) is 0 Å². The van der Waals surface area contributed by atoms with E-state index in [4.69, 9.17) is 4.74 Å². The van der Waals surface area contributed by atoms with E-state index >= 15 is 0 Å². The van der Waals surface area contributed by atoms with Gasteiger partial charge >= 0.3 is 0 Å². The lowest BCUT2D eigenvalue weighted by atomic mass is 9.93. The SMILES string of the molecule is CS(=O)(=O)N1CCC2(CC1)Oc1ccc(Br)cc1[C@@H]1C=C(c3ccccc3)NN12. The number of nitrogens with one attached hydrogen (secondary N) is 1. The normalized spacial score (nSPS) is 23.7. The van der Waals surface area contributed by atoms with Gasteiger partial charge in [-0.05, 0) is 29.8 Å². The molecule has 152 valence electrons. The first-order valence-corrected chi connectivity index (χ1v) is 12.3. The number of rotatable bonds is 2. The van der Waals surface area contributed by atoms with E-state index in [1.807, 2.05) is 30.3 Å². The second-order valence-corrected chi connectivity index (χ2v) is 10.7. The van der Waals surface area contributed by atoms with E-state index in [0.29, 0.717) is 25.9 Å². The van der Waals surface area contributed by atoms with Gasteiger partial charge in [0.15, 0.2) is 5.72 Å². The molecular formula is C21H22BrN3O3S. The third kappa shape index (κ3) is 3.28. The largest absolute Gasteiger partial charge is 0.470 e. The molecule has 0 bridgehead atoms. The van der Waals surface area contributed by atoms with Gasteiger partial charge in [-0.1, -0.05) is 46.3 Å². The minimum absolute atomic E-state index is 0.0104. The molecular weight excluding hydrogens is 454 g/mol. The molecule has 3 aliphatic heterocycles. The maximum absolute atomic E-state index is 12.0. The van der Waals surface area contributed by atoms with E-state index in [9.17, 15) is 8.42 Å². The monoisotopic (exact) mass is 475 g/mol. The van der Waals surface area contributed by atoms with E-state index in [2.05, 4.69) is 50.6 Å². The van der Waals surface area contributed by atoms with Crippen LogP contribution in [-0.4, -0.2) is 42.8 Å². The molecule has 3 aliphatic rings. The molecule has 3 heterocycles. The predicted molar refractivity (Wildman–Crippen MR) is 115 cm³/mol. The fourth-order valence-corrected chi connectivity index (χ4v) is 5.66. The zero-order valence-electron chi connectivity index (χ0n) is 16.0. The molecule has 29 heavy (non-hydrogen) atoms. The van der Waals surface area contributed by atoms with Crippen molar-refractivity contribution in [2.75, 3.05) is 19.3 Å². The summed E-state index contributed by atoms with van der Waals surface area (Å²) in [6.45, 7) is 0.881. The molecule has 0 unspecified atom stereocenters. The molecule has 5 rings (SSSR count). The molecule has 1 N–H and O–H groups in total. The van der Waals surface area contributed by atoms with Crippen LogP contribution in [0.1, 0.15) is 30.0 Å². The molecule has 1 fully saturated rings. The number of halogens is 1. The van der Waals surface area contributed by atoms with Crippen LogP contribution < -0.4 is 10.2 Å². The van der Waals surface area contributed by atoms with Crippen molar-refractivity contribution in [2.24, 2.45) is 0 Å². The fourth-order valence-electron chi connectivity index (χ4n) is 4.44. The van der Waals surface area contributed by atoms with Crippen molar-refractivity contribution in [3.63, 3.8) is 0 Å². The average molecular weight is 476 g/mol. The Labute approximate surface area is 179 Å². The van der Waals surface area contributed by atoms with Crippen LogP contribution >= 0.6 is 15.9 Å². The highest BCUT2D eigenvalue weighted by Crippen LogP contribution is 2.49. The van der Waals surface area contributed by atoms with Crippen molar-refractivity contribution >= 4 is 31.7 Å². The zero-order chi connectivity index (χ0) is 20.2. The fraction of sp³-hybridized carbons (Fsp3) is 0.333. The minimum atomic E-state index is -3.20. The number of nitrogens with zero attached hydrogens (tertiary/aromatic N) is 2. The Morgan fingerprint density at radius 3 is 2.55 bits per heavy atom. The molecule has 1 spiro atoms. The Morgan fingerprint density at radius 2 is 1.86 bits per heavy atom. The van der Waals surface area contributed by atoms with Gasteiger partial charge < -0.3 is 10.2 Å². The third-order valence-electron chi connectivity index (χ3n) is 5.93. The lowest BCUT2D eigenvalue weighted by Gasteiger charge is -2.51. The number of sulfonamides is 1. The zero-order valence-corrected chi connectivity index (χ0v) is 18.4. The summed E-state index contributed by atoms with van der Waals surface area (Å²) in [6.07, 6.45) is 4.68. The molecule has 2 aromatic rings. The van der Waals surface area contributed by atoms with Crippen LogP contribution in [0.2, 0.25) is 0 Å². The number of hydrogen-bond donors (Lipinski definition) is 1. The van der Waals surface area contributed by atoms with Crippen LogP contribution in [0.15, 0.2) is 59.1 Å². The second-order valence-electron chi connectivity index (χ2n) is 7.77. The second kappa shape index (κ2) is 6.84. The molecule has 8 heteroatoms. The Balaban J connectivity index is 1.54. The minimum Gasteiger partial charge on any atom is -0.470 e. The highest BCUT2D eigenvalue weighted by atomic mass is 79.9. The first kappa shape index (κ1) is 19.1. The van der Waals surface area contributed by atoms with Gasteiger partial charge in [0.2, 0.25) is 10.0 Å². The average Bonchev–Trinajstić information content (AvgIpc) is 3.16. The van der Waals surface area contributed by atoms with Crippen molar-refractivity contribution in [3.8, 4) is 5.75 Å². The van der Waals surface area contributed by atoms with E-state index in [0.717, 1.165) is 27.0 Å². The Kier molecular flexibility index (Phi) is 4.51. The summed E-state index contributed by atoms with van der Waals surface area (Å²) in [4.78, 5) is 0. The quantitative estimate of drug-likeness (QED) is 0.719. The topological polar surface area (TPSA) is 61.9 Å². The van der Waals surface area contributed by atoms with Gasteiger partial charge in [-0.25, -0.2) is 12.7 Å². The van der Waals surface area contributed by atoms with Gasteiger partial charge in [0.05, 0.1) is 18.0 Å². The highest BCUT2D eigenvalue weighted by Gasteiger charge is 2.52. The molecule has 0 aromatic heterocycles. The summed E-state index contributed by atoms with van der Waals surface area (Å²) in [6, 6.07) is 16.3. The maximum atomic E-state index is 12.0. The molecule has 0 radical (unpaired) electrons. The van der Waals surface area contributed by atoms with E-state index in [1.165, 1.54) is 10.6 Å². The third-order valence-corrected chi connectivity index (χ3v) is 7.73. The predicted octanol–water partition coefficient (Wildman–Crippen LogP) is 3.50. The van der Waals surface area contributed by atoms with Crippen LogP contribution in [0.3, 0.4) is 0 Å². The number of ether oxygens (including phenoxy) is 1. The number of fused-ring (bicyclic) bond motifs is 4. The number of hydrogen-bond acceptors (Lipinski definition) is 5. The van der Waals surface area contributed by atoms with Crippen molar-refractivity contribution in [1.82, 2.24) is 14.7 Å². The summed E-state index contributed by atoms with van der Waals surface area (Å²) < 4.78 is 33.1. The Morgan fingerprint density at radius 1 is 1.14 bits per heavy atom. The number of benzene rings is 2. The summed E-state index contributed by atoms with van der Waals surface area (Å²) in [5, 5.41) is 2.17. The smallest absolute Gasteiger partial charge is 0.211 e. The van der Waals surface area contributed by atoms with Crippen molar-refractivity contribution in [2.45, 2.75) is 24.6 Å².